The largest absolute Gasteiger partial charge is 0.379 e. The molecule has 60 valence electrons. The molecule has 3 aliphatic rings. The van der Waals surface area contributed by atoms with E-state index < -0.39 is 0 Å². The van der Waals surface area contributed by atoms with Gasteiger partial charge in [-0.1, -0.05) is 18.2 Å². The average Bonchev–Trinajstić information content (AvgIpc) is 2.70. The SMILES string of the molecule is c1ccc2c(c1)NC1C3OC3C21. The van der Waals surface area contributed by atoms with Crippen molar-refractivity contribution in [3.63, 3.8) is 0 Å². The Labute approximate surface area is 70.5 Å². The predicted molar refractivity (Wildman–Crippen MR) is 45.3 cm³/mol. The molecule has 2 heterocycles. The number of hydrogen-bond acceptors (Lipinski definition) is 2. The van der Waals surface area contributed by atoms with Crippen LogP contribution in [0.1, 0.15) is 11.5 Å². The van der Waals surface area contributed by atoms with E-state index >= 15 is 0 Å². The molecule has 4 unspecified atom stereocenters. The van der Waals surface area contributed by atoms with Gasteiger partial charge in [-0.05, 0) is 11.6 Å². The zero-order chi connectivity index (χ0) is 7.71. The number of ether oxygens (including phenoxy) is 1. The molecule has 1 aromatic carbocycles. The normalized spacial score (nSPS) is 45.0. The Hall–Kier alpha value is -1.02. The Morgan fingerprint density at radius 3 is 3.08 bits per heavy atom. The van der Waals surface area contributed by atoms with Gasteiger partial charge in [-0.25, -0.2) is 0 Å². The topological polar surface area (TPSA) is 24.6 Å². The number of fused-ring (bicyclic) bond motifs is 6. The van der Waals surface area contributed by atoms with E-state index in [1.54, 1.807) is 0 Å². The summed E-state index contributed by atoms with van der Waals surface area (Å²) in [6, 6.07) is 9.16. The smallest absolute Gasteiger partial charge is 0.106 e. The summed E-state index contributed by atoms with van der Waals surface area (Å²) in [5, 5.41) is 3.50. The Morgan fingerprint density at radius 1 is 1.17 bits per heavy atom. The molecule has 0 bridgehead atoms. The molecule has 12 heavy (non-hydrogen) atoms. The second kappa shape index (κ2) is 1.52. The maximum Gasteiger partial charge on any atom is 0.106 e. The summed E-state index contributed by atoms with van der Waals surface area (Å²) >= 11 is 0. The van der Waals surface area contributed by atoms with Gasteiger partial charge in [0.15, 0.2) is 0 Å². The fraction of sp³-hybridized carbons (Fsp3) is 0.400. The lowest BCUT2D eigenvalue weighted by Gasteiger charge is -2.24. The van der Waals surface area contributed by atoms with Gasteiger partial charge in [0.05, 0.1) is 12.1 Å². The first kappa shape index (κ1) is 5.60. The second-order valence-corrected chi connectivity index (χ2v) is 3.85. The minimum atomic E-state index is 0.530. The van der Waals surface area contributed by atoms with Crippen molar-refractivity contribution in [1.82, 2.24) is 0 Å². The van der Waals surface area contributed by atoms with Gasteiger partial charge < -0.3 is 10.1 Å². The van der Waals surface area contributed by atoms with Crippen LogP contribution in [-0.4, -0.2) is 18.2 Å². The molecule has 1 aromatic rings. The van der Waals surface area contributed by atoms with Gasteiger partial charge in [0.25, 0.3) is 0 Å². The van der Waals surface area contributed by atoms with Crippen molar-refractivity contribution in [2.45, 2.75) is 24.2 Å². The average molecular weight is 159 g/mol. The number of anilines is 1. The molecule has 0 spiro atoms. The highest BCUT2D eigenvalue weighted by Gasteiger charge is 2.67. The van der Waals surface area contributed by atoms with Crippen molar-refractivity contribution in [2.24, 2.45) is 0 Å². The summed E-state index contributed by atoms with van der Waals surface area (Å²) in [7, 11) is 0. The van der Waals surface area contributed by atoms with Crippen molar-refractivity contribution in [2.75, 3.05) is 5.32 Å². The lowest BCUT2D eigenvalue weighted by molar-refractivity contribution is 0.410. The highest BCUT2D eigenvalue weighted by molar-refractivity contribution is 5.64. The van der Waals surface area contributed by atoms with E-state index in [2.05, 4.69) is 29.6 Å². The van der Waals surface area contributed by atoms with Crippen LogP contribution in [0.25, 0.3) is 0 Å². The lowest BCUT2D eigenvalue weighted by Crippen LogP contribution is -2.40. The van der Waals surface area contributed by atoms with E-state index in [4.69, 9.17) is 4.74 Å². The van der Waals surface area contributed by atoms with Gasteiger partial charge in [-0.3, -0.25) is 0 Å². The number of epoxide rings is 1. The summed E-state index contributed by atoms with van der Waals surface area (Å²) < 4.78 is 5.49. The van der Waals surface area contributed by atoms with E-state index in [-0.39, 0.29) is 0 Å². The molecule has 2 heteroatoms. The minimum Gasteiger partial charge on any atom is -0.379 e. The predicted octanol–water partition coefficient (Wildman–Crippen LogP) is 1.35. The Morgan fingerprint density at radius 2 is 2.08 bits per heavy atom. The summed E-state index contributed by atoms with van der Waals surface area (Å²) in [6.45, 7) is 0. The number of para-hydroxylation sites is 1. The molecule has 2 nitrogen and oxygen atoms in total. The Balaban J connectivity index is 1.91. The van der Waals surface area contributed by atoms with Crippen LogP contribution in [0.15, 0.2) is 24.3 Å². The fourth-order valence-corrected chi connectivity index (χ4v) is 2.62. The third-order valence-corrected chi connectivity index (χ3v) is 3.30. The van der Waals surface area contributed by atoms with E-state index in [0.29, 0.717) is 24.2 Å². The number of hydrogen-bond donors (Lipinski definition) is 1. The van der Waals surface area contributed by atoms with Gasteiger partial charge in [0.1, 0.15) is 6.10 Å². The molecule has 0 amide bonds. The monoisotopic (exact) mass is 159 g/mol. The zero-order valence-corrected chi connectivity index (χ0v) is 6.53. The molecule has 0 radical (unpaired) electrons. The standard InChI is InChI=1S/C10H9NO/c1-2-4-6-5(3-1)7-8(11-6)10-9(7)12-10/h1-4,7-11H. The first-order valence-electron chi connectivity index (χ1n) is 4.46. The molecule has 0 aromatic heterocycles. The Bertz CT molecular complexity index is 363. The third kappa shape index (κ3) is 0.442. The molecular weight excluding hydrogens is 150 g/mol. The van der Waals surface area contributed by atoms with E-state index in [1.807, 2.05) is 0 Å². The maximum absolute atomic E-state index is 5.49. The highest BCUT2D eigenvalue weighted by Crippen LogP contribution is 2.58. The number of rotatable bonds is 0. The summed E-state index contributed by atoms with van der Waals surface area (Å²) in [6.07, 6.45) is 1.08. The molecule has 4 rings (SSSR count). The first-order valence-corrected chi connectivity index (χ1v) is 4.46. The second-order valence-electron chi connectivity index (χ2n) is 3.85. The first-order chi connectivity index (χ1) is 5.95. The minimum absolute atomic E-state index is 0.530. The van der Waals surface area contributed by atoms with Crippen molar-refractivity contribution in [1.29, 1.82) is 0 Å². The zero-order valence-electron chi connectivity index (χ0n) is 6.53. The molecule has 1 saturated carbocycles. The molecular formula is C10H9NO. The van der Waals surface area contributed by atoms with Crippen LogP contribution in [0.2, 0.25) is 0 Å². The van der Waals surface area contributed by atoms with Crippen LogP contribution in [0.5, 0.6) is 0 Å². The molecule has 4 atom stereocenters. The third-order valence-electron chi connectivity index (χ3n) is 3.30. The Kier molecular flexibility index (Phi) is 0.711. The lowest BCUT2D eigenvalue weighted by atomic mass is 9.78. The van der Waals surface area contributed by atoms with Gasteiger partial charge in [-0.15, -0.1) is 0 Å². The fourth-order valence-electron chi connectivity index (χ4n) is 2.62. The summed E-state index contributed by atoms with van der Waals surface area (Å²) in [5.74, 6) is 0.659. The summed E-state index contributed by atoms with van der Waals surface area (Å²) in [5.41, 5.74) is 2.78. The van der Waals surface area contributed by atoms with Gasteiger partial charge in [0.2, 0.25) is 0 Å². The molecule has 1 saturated heterocycles. The van der Waals surface area contributed by atoms with Crippen molar-refractivity contribution >= 4 is 5.69 Å². The number of benzene rings is 1. The highest BCUT2D eigenvalue weighted by atomic mass is 16.6. The van der Waals surface area contributed by atoms with E-state index in [0.717, 1.165) is 0 Å². The van der Waals surface area contributed by atoms with Gasteiger partial charge in [-0.2, -0.15) is 0 Å². The molecule has 1 N–H and O–H groups in total. The molecule has 1 aliphatic carbocycles. The van der Waals surface area contributed by atoms with Gasteiger partial charge in [0, 0.05) is 11.6 Å². The number of nitrogens with one attached hydrogen (secondary N) is 1. The van der Waals surface area contributed by atoms with Crippen molar-refractivity contribution in [3.05, 3.63) is 29.8 Å². The maximum atomic E-state index is 5.49. The van der Waals surface area contributed by atoms with Crippen LogP contribution < -0.4 is 5.32 Å². The van der Waals surface area contributed by atoms with Crippen LogP contribution in [0, 0.1) is 0 Å². The van der Waals surface area contributed by atoms with Gasteiger partial charge >= 0.3 is 0 Å². The van der Waals surface area contributed by atoms with Crippen LogP contribution in [0.3, 0.4) is 0 Å². The van der Waals surface area contributed by atoms with Crippen LogP contribution in [0.4, 0.5) is 5.69 Å². The van der Waals surface area contributed by atoms with E-state index in [1.165, 1.54) is 11.3 Å². The van der Waals surface area contributed by atoms with Crippen LogP contribution in [-0.2, 0) is 4.74 Å². The van der Waals surface area contributed by atoms with E-state index in [9.17, 15) is 0 Å². The molecule has 2 fully saturated rings. The molecule has 2 aliphatic heterocycles. The van der Waals surface area contributed by atoms with Crippen LogP contribution >= 0.6 is 0 Å². The van der Waals surface area contributed by atoms with Crippen molar-refractivity contribution < 1.29 is 4.74 Å². The quantitative estimate of drug-likeness (QED) is 0.578. The van der Waals surface area contributed by atoms with Crippen molar-refractivity contribution in [3.8, 4) is 0 Å². The summed E-state index contributed by atoms with van der Waals surface area (Å²) in [4.78, 5) is 0.